The molecule has 0 aliphatic carbocycles. The van der Waals surface area contributed by atoms with Crippen molar-refractivity contribution in [3.05, 3.63) is 44.0 Å². The van der Waals surface area contributed by atoms with Gasteiger partial charge in [-0.1, -0.05) is 6.92 Å². The third-order valence-corrected chi connectivity index (χ3v) is 5.21. The smallest absolute Gasteiger partial charge is 0.308 e. The van der Waals surface area contributed by atoms with Gasteiger partial charge in [0.05, 0.1) is 19.9 Å². The Bertz CT molecular complexity index is 1110. The number of aromatic hydroxyl groups is 3. The van der Waals surface area contributed by atoms with Gasteiger partial charge in [0.25, 0.3) is 0 Å². The van der Waals surface area contributed by atoms with Crippen LogP contribution in [-0.2, 0) is 11.2 Å². The van der Waals surface area contributed by atoms with Crippen LogP contribution in [0.2, 0.25) is 0 Å². The first-order chi connectivity index (χ1) is 13.1. The predicted octanol–water partition coefficient (Wildman–Crippen LogP) is 4.79. The van der Waals surface area contributed by atoms with Gasteiger partial charge in [0.2, 0.25) is 5.75 Å². The number of esters is 1. The zero-order valence-corrected chi connectivity index (χ0v) is 17.8. The average Bonchev–Trinajstić information content (AvgIpc) is 3.00. The number of phenolic OH excluding ortho intramolecular Hbond substituents is 3. The highest BCUT2D eigenvalue weighted by atomic mass is 79.9. The van der Waals surface area contributed by atoms with E-state index >= 15 is 0 Å². The molecule has 0 aliphatic rings. The molecule has 0 bridgehead atoms. The van der Waals surface area contributed by atoms with Crippen LogP contribution in [0.4, 0.5) is 0 Å². The molecule has 146 valence electrons. The van der Waals surface area contributed by atoms with Gasteiger partial charge in [-0.25, -0.2) is 0 Å². The normalized spacial score (nSPS) is 11.0. The Hall–Kier alpha value is -2.52. The van der Waals surface area contributed by atoms with Gasteiger partial charge in [0.1, 0.15) is 11.3 Å². The van der Waals surface area contributed by atoms with Crippen LogP contribution in [-0.4, -0.2) is 27.1 Å². The van der Waals surface area contributed by atoms with E-state index in [4.69, 9.17) is 9.15 Å². The number of carbonyl (C=O) groups is 2. The van der Waals surface area contributed by atoms with Crippen molar-refractivity contribution in [1.29, 1.82) is 0 Å². The summed E-state index contributed by atoms with van der Waals surface area (Å²) in [6, 6.07) is 4.08. The minimum Gasteiger partial charge on any atom is -0.504 e. The summed E-state index contributed by atoms with van der Waals surface area (Å²) in [5, 5.41) is 29.8. The van der Waals surface area contributed by atoms with E-state index < -0.39 is 29.0 Å². The van der Waals surface area contributed by atoms with Crippen LogP contribution in [0.1, 0.15) is 35.5 Å². The molecule has 1 aromatic heterocycles. The summed E-state index contributed by atoms with van der Waals surface area (Å²) in [6.07, 6.45) is 0.338. The van der Waals surface area contributed by atoms with Crippen molar-refractivity contribution >= 4 is 54.6 Å². The summed E-state index contributed by atoms with van der Waals surface area (Å²) < 4.78 is 11.4. The van der Waals surface area contributed by atoms with Gasteiger partial charge in [-0.3, -0.25) is 9.59 Å². The molecule has 0 radical (unpaired) electrons. The number of benzene rings is 2. The van der Waals surface area contributed by atoms with E-state index in [1.807, 2.05) is 0 Å². The van der Waals surface area contributed by atoms with Crippen LogP contribution in [0.25, 0.3) is 11.0 Å². The zero-order chi connectivity index (χ0) is 20.7. The Kier molecular flexibility index (Phi) is 5.40. The summed E-state index contributed by atoms with van der Waals surface area (Å²) >= 11 is 6.55. The number of ether oxygens (including phenoxy) is 1. The Morgan fingerprint density at radius 3 is 2.21 bits per heavy atom. The quantitative estimate of drug-likeness (QED) is 0.198. The minimum absolute atomic E-state index is 0.00783. The minimum atomic E-state index is -0.738. The number of phenols is 3. The topological polar surface area (TPSA) is 117 Å². The maximum Gasteiger partial charge on any atom is 0.308 e. The fraction of sp³-hybridized carbons (Fsp3) is 0.158. The monoisotopic (exact) mass is 512 g/mol. The van der Waals surface area contributed by atoms with Gasteiger partial charge in [0.15, 0.2) is 23.0 Å². The molecular weight excluding hydrogens is 500 g/mol. The molecule has 28 heavy (non-hydrogen) atoms. The van der Waals surface area contributed by atoms with Crippen molar-refractivity contribution in [3.8, 4) is 23.0 Å². The van der Waals surface area contributed by atoms with Gasteiger partial charge in [-0.2, -0.15) is 0 Å². The first kappa shape index (κ1) is 20.2. The number of carbonyl (C=O) groups excluding carboxylic acids is 2. The van der Waals surface area contributed by atoms with Crippen LogP contribution in [0.5, 0.6) is 23.0 Å². The molecule has 0 amide bonds. The number of aryl methyl sites for hydroxylation is 1. The lowest BCUT2D eigenvalue weighted by Crippen LogP contribution is -2.06. The molecule has 0 saturated carbocycles. The van der Waals surface area contributed by atoms with Crippen LogP contribution >= 0.6 is 31.9 Å². The molecule has 9 heteroatoms. The second-order valence-electron chi connectivity index (χ2n) is 5.91. The van der Waals surface area contributed by atoms with E-state index in [0.717, 1.165) is 6.07 Å². The third kappa shape index (κ3) is 3.35. The van der Waals surface area contributed by atoms with Crippen molar-refractivity contribution in [2.24, 2.45) is 0 Å². The highest BCUT2D eigenvalue weighted by Gasteiger charge is 2.27. The van der Waals surface area contributed by atoms with Crippen LogP contribution in [0.15, 0.2) is 31.6 Å². The van der Waals surface area contributed by atoms with Crippen LogP contribution < -0.4 is 4.74 Å². The first-order valence-electron chi connectivity index (χ1n) is 8.07. The lowest BCUT2D eigenvalue weighted by molar-refractivity contribution is -0.131. The molecule has 0 atom stereocenters. The second-order valence-corrected chi connectivity index (χ2v) is 7.62. The molecular formula is C19H14Br2O7. The molecule has 3 aromatic rings. The van der Waals surface area contributed by atoms with E-state index in [-0.39, 0.29) is 33.6 Å². The molecule has 0 aliphatic heterocycles. The Labute approximate surface area is 175 Å². The summed E-state index contributed by atoms with van der Waals surface area (Å²) in [6.45, 7) is 3.02. The molecule has 0 fully saturated rings. The van der Waals surface area contributed by atoms with Crippen LogP contribution in [0, 0.1) is 0 Å². The SMILES string of the molecule is CCc1oc2cc(O)c(O)c(O)c2c1C(=O)c1cc(Br)c(OC(C)=O)c(Br)c1. The average molecular weight is 514 g/mol. The van der Waals surface area contributed by atoms with Gasteiger partial charge in [-0.05, 0) is 44.0 Å². The number of hydrogen-bond donors (Lipinski definition) is 3. The zero-order valence-electron chi connectivity index (χ0n) is 14.7. The third-order valence-electron chi connectivity index (χ3n) is 4.03. The van der Waals surface area contributed by atoms with Gasteiger partial charge < -0.3 is 24.5 Å². The highest BCUT2D eigenvalue weighted by molar-refractivity contribution is 9.11. The van der Waals surface area contributed by atoms with Crippen molar-refractivity contribution in [2.45, 2.75) is 20.3 Å². The molecule has 0 unspecified atom stereocenters. The number of rotatable bonds is 4. The highest BCUT2D eigenvalue weighted by Crippen LogP contribution is 2.45. The van der Waals surface area contributed by atoms with E-state index in [0.29, 0.717) is 15.4 Å². The van der Waals surface area contributed by atoms with Crippen LogP contribution in [0.3, 0.4) is 0 Å². The fourth-order valence-electron chi connectivity index (χ4n) is 2.83. The lowest BCUT2D eigenvalue weighted by Gasteiger charge is -2.10. The van der Waals surface area contributed by atoms with Crippen molar-refractivity contribution in [1.82, 2.24) is 0 Å². The lowest BCUT2D eigenvalue weighted by atomic mass is 9.98. The standard InChI is InChI=1S/C19H14Br2O7/c1-3-12-14(15-13(28-12)6-11(23)17(25)18(15)26)16(24)8-4-9(20)19(10(21)5-8)27-7(2)22/h4-6,23,25-26H,3H2,1-2H3. The maximum absolute atomic E-state index is 13.2. The summed E-state index contributed by atoms with van der Waals surface area (Å²) in [5.41, 5.74) is 0.367. The molecule has 3 rings (SSSR count). The number of fused-ring (bicyclic) bond motifs is 1. The largest absolute Gasteiger partial charge is 0.504 e. The molecule has 1 heterocycles. The number of furan rings is 1. The van der Waals surface area contributed by atoms with E-state index in [1.54, 1.807) is 6.92 Å². The summed E-state index contributed by atoms with van der Waals surface area (Å²) in [4.78, 5) is 24.5. The first-order valence-corrected chi connectivity index (χ1v) is 9.65. The van der Waals surface area contributed by atoms with Crippen molar-refractivity contribution < 1.29 is 34.1 Å². The van der Waals surface area contributed by atoms with E-state index in [2.05, 4.69) is 31.9 Å². The molecule has 3 N–H and O–H groups in total. The predicted molar refractivity (Wildman–Crippen MR) is 107 cm³/mol. The number of ketones is 1. The van der Waals surface area contributed by atoms with E-state index in [1.165, 1.54) is 19.1 Å². The van der Waals surface area contributed by atoms with Gasteiger partial charge >= 0.3 is 5.97 Å². The molecule has 7 nitrogen and oxygen atoms in total. The number of hydrogen-bond acceptors (Lipinski definition) is 7. The van der Waals surface area contributed by atoms with Crippen molar-refractivity contribution in [2.75, 3.05) is 0 Å². The molecule has 2 aromatic carbocycles. The second kappa shape index (κ2) is 7.48. The fourth-order valence-corrected chi connectivity index (χ4v) is 4.18. The maximum atomic E-state index is 13.2. The Morgan fingerprint density at radius 1 is 1.07 bits per heavy atom. The summed E-state index contributed by atoms with van der Waals surface area (Å²) in [7, 11) is 0. The number of halogens is 2. The molecule has 0 saturated heterocycles. The van der Waals surface area contributed by atoms with E-state index in [9.17, 15) is 24.9 Å². The summed E-state index contributed by atoms with van der Waals surface area (Å²) in [5.74, 6) is -2.42. The van der Waals surface area contributed by atoms with Crippen molar-refractivity contribution in [3.63, 3.8) is 0 Å². The Morgan fingerprint density at radius 2 is 1.68 bits per heavy atom. The Balaban J connectivity index is 2.22. The van der Waals surface area contributed by atoms with Gasteiger partial charge in [0, 0.05) is 25.0 Å². The van der Waals surface area contributed by atoms with Gasteiger partial charge in [-0.15, -0.1) is 0 Å². The molecule has 0 spiro atoms.